The molecule has 0 aromatic carbocycles. The molecule has 17 heavy (non-hydrogen) atoms. The summed E-state index contributed by atoms with van der Waals surface area (Å²) in [4.78, 5) is 11.9. The zero-order valence-electron chi connectivity index (χ0n) is 10.7. The first kappa shape index (κ1) is 12.8. The summed E-state index contributed by atoms with van der Waals surface area (Å²) >= 11 is 0. The van der Waals surface area contributed by atoms with Crippen LogP contribution in [0.5, 0.6) is 0 Å². The third-order valence-corrected chi connectivity index (χ3v) is 4.21. The first-order chi connectivity index (χ1) is 8.15. The van der Waals surface area contributed by atoms with Gasteiger partial charge in [0.15, 0.2) is 0 Å². The van der Waals surface area contributed by atoms with Crippen LogP contribution in [0.2, 0.25) is 0 Å². The Morgan fingerprint density at radius 2 is 2.35 bits per heavy atom. The maximum Gasteiger partial charge on any atom is 0.220 e. The molecule has 2 rings (SSSR count). The van der Waals surface area contributed by atoms with E-state index in [1.165, 1.54) is 12.8 Å². The molecule has 0 bridgehead atoms. The lowest BCUT2D eigenvalue weighted by molar-refractivity contribution is -0.123. The number of carbonyl (C=O) groups excluding carboxylic acids is 1. The number of rotatable bonds is 5. The monoisotopic (exact) mass is 240 g/mol. The summed E-state index contributed by atoms with van der Waals surface area (Å²) in [7, 11) is 0. The van der Waals surface area contributed by atoms with Crippen molar-refractivity contribution in [2.24, 2.45) is 11.8 Å². The number of piperidine rings is 1. The minimum absolute atomic E-state index is 0.0815. The Morgan fingerprint density at radius 3 is 2.88 bits per heavy atom. The van der Waals surface area contributed by atoms with E-state index >= 15 is 0 Å². The largest absolute Gasteiger partial charge is 0.394 e. The Hall–Kier alpha value is -0.610. The lowest BCUT2D eigenvalue weighted by atomic mass is 9.85. The molecule has 0 spiro atoms. The number of hydrogen-bond acceptors (Lipinski definition) is 3. The van der Waals surface area contributed by atoms with Crippen molar-refractivity contribution in [2.45, 2.75) is 44.6 Å². The summed E-state index contributed by atoms with van der Waals surface area (Å²) in [6.07, 6.45) is 4.89. The third kappa shape index (κ3) is 3.42. The highest BCUT2D eigenvalue weighted by molar-refractivity contribution is 5.77. The molecule has 1 aliphatic heterocycles. The average Bonchev–Trinajstić information content (AvgIpc) is 3.10. The van der Waals surface area contributed by atoms with Crippen molar-refractivity contribution in [3.05, 3.63) is 0 Å². The number of nitrogens with one attached hydrogen (secondary N) is 2. The molecule has 2 atom stereocenters. The normalized spacial score (nSPS) is 28.5. The van der Waals surface area contributed by atoms with Crippen molar-refractivity contribution in [1.29, 1.82) is 0 Å². The maximum absolute atomic E-state index is 11.9. The van der Waals surface area contributed by atoms with E-state index in [-0.39, 0.29) is 18.1 Å². The number of aliphatic hydroxyl groups excluding tert-OH is 1. The molecule has 1 saturated carbocycles. The van der Waals surface area contributed by atoms with E-state index < -0.39 is 0 Å². The molecule has 98 valence electrons. The van der Waals surface area contributed by atoms with Crippen molar-refractivity contribution >= 4 is 5.91 Å². The highest BCUT2D eigenvalue weighted by Gasteiger charge is 2.43. The smallest absolute Gasteiger partial charge is 0.220 e. The molecule has 1 aliphatic carbocycles. The summed E-state index contributed by atoms with van der Waals surface area (Å²) in [5, 5.41) is 15.5. The quantitative estimate of drug-likeness (QED) is 0.661. The van der Waals surface area contributed by atoms with Gasteiger partial charge in [0.05, 0.1) is 12.1 Å². The Morgan fingerprint density at radius 1 is 1.59 bits per heavy atom. The first-order valence-electron chi connectivity index (χ1n) is 6.78. The van der Waals surface area contributed by atoms with E-state index in [2.05, 4.69) is 17.6 Å². The summed E-state index contributed by atoms with van der Waals surface area (Å²) in [6, 6.07) is 0. The van der Waals surface area contributed by atoms with Crippen LogP contribution in [0.15, 0.2) is 0 Å². The van der Waals surface area contributed by atoms with Crippen LogP contribution in [0.25, 0.3) is 0 Å². The van der Waals surface area contributed by atoms with Crippen molar-refractivity contribution in [2.75, 3.05) is 19.7 Å². The topological polar surface area (TPSA) is 61.4 Å². The fourth-order valence-electron chi connectivity index (χ4n) is 2.64. The van der Waals surface area contributed by atoms with Crippen LogP contribution in [-0.4, -0.2) is 36.2 Å². The molecule has 1 amide bonds. The zero-order chi connectivity index (χ0) is 12.3. The maximum atomic E-state index is 11.9. The van der Waals surface area contributed by atoms with Gasteiger partial charge in [-0.2, -0.15) is 0 Å². The molecule has 3 N–H and O–H groups in total. The molecule has 0 aromatic rings. The predicted molar refractivity (Wildman–Crippen MR) is 66.6 cm³/mol. The van der Waals surface area contributed by atoms with E-state index in [0.717, 1.165) is 25.9 Å². The van der Waals surface area contributed by atoms with E-state index in [0.29, 0.717) is 18.3 Å². The minimum atomic E-state index is -0.262. The second-order valence-corrected chi connectivity index (χ2v) is 5.77. The molecule has 4 nitrogen and oxygen atoms in total. The van der Waals surface area contributed by atoms with E-state index in [9.17, 15) is 4.79 Å². The molecule has 1 heterocycles. The molecule has 2 fully saturated rings. The van der Waals surface area contributed by atoms with Crippen molar-refractivity contribution in [3.8, 4) is 0 Å². The molecule has 0 aromatic heterocycles. The molecular weight excluding hydrogens is 216 g/mol. The zero-order valence-corrected chi connectivity index (χ0v) is 10.7. The van der Waals surface area contributed by atoms with Gasteiger partial charge in [-0.15, -0.1) is 0 Å². The lowest BCUT2D eigenvalue weighted by Crippen LogP contribution is -2.41. The van der Waals surface area contributed by atoms with Crippen molar-refractivity contribution < 1.29 is 9.90 Å². The average molecular weight is 240 g/mol. The Balaban J connectivity index is 1.73. The molecule has 1 saturated heterocycles. The number of amides is 1. The number of aliphatic hydroxyl groups is 1. The van der Waals surface area contributed by atoms with Gasteiger partial charge < -0.3 is 15.7 Å². The van der Waals surface area contributed by atoms with Crippen LogP contribution in [-0.2, 0) is 4.79 Å². The van der Waals surface area contributed by atoms with Crippen LogP contribution >= 0.6 is 0 Å². The molecule has 2 aliphatic rings. The third-order valence-electron chi connectivity index (χ3n) is 4.21. The van der Waals surface area contributed by atoms with Gasteiger partial charge in [0, 0.05) is 6.42 Å². The second-order valence-electron chi connectivity index (χ2n) is 5.77. The Bertz CT molecular complexity index is 271. The van der Waals surface area contributed by atoms with Crippen LogP contribution in [0.3, 0.4) is 0 Å². The van der Waals surface area contributed by atoms with Gasteiger partial charge in [0.25, 0.3) is 0 Å². The summed E-state index contributed by atoms with van der Waals surface area (Å²) in [6.45, 7) is 4.40. The van der Waals surface area contributed by atoms with E-state index in [4.69, 9.17) is 5.11 Å². The standard InChI is InChI=1S/C13H24N2O2/c1-10(11-3-2-6-14-8-11)7-12(17)15-13(9-16)4-5-13/h10-11,14,16H,2-9H2,1H3,(H,15,17). The van der Waals surface area contributed by atoms with Gasteiger partial charge >= 0.3 is 0 Å². The molecule has 2 unspecified atom stereocenters. The summed E-state index contributed by atoms with van der Waals surface area (Å²) < 4.78 is 0. The van der Waals surface area contributed by atoms with Gasteiger partial charge in [-0.1, -0.05) is 6.92 Å². The highest BCUT2D eigenvalue weighted by Crippen LogP contribution is 2.35. The van der Waals surface area contributed by atoms with Gasteiger partial charge in [-0.25, -0.2) is 0 Å². The number of carbonyl (C=O) groups is 1. The molecular formula is C13H24N2O2. The van der Waals surface area contributed by atoms with Gasteiger partial charge in [-0.3, -0.25) is 4.79 Å². The minimum Gasteiger partial charge on any atom is -0.394 e. The Kier molecular flexibility index (Phi) is 4.05. The van der Waals surface area contributed by atoms with Crippen LogP contribution in [0.4, 0.5) is 0 Å². The summed E-state index contributed by atoms with van der Waals surface area (Å²) in [5.74, 6) is 1.16. The van der Waals surface area contributed by atoms with Crippen LogP contribution in [0, 0.1) is 11.8 Å². The number of hydrogen-bond donors (Lipinski definition) is 3. The van der Waals surface area contributed by atoms with Gasteiger partial charge in [-0.05, 0) is 50.6 Å². The van der Waals surface area contributed by atoms with Crippen LogP contribution < -0.4 is 10.6 Å². The highest BCUT2D eigenvalue weighted by atomic mass is 16.3. The second kappa shape index (κ2) is 5.36. The lowest BCUT2D eigenvalue weighted by Gasteiger charge is -2.28. The fourth-order valence-corrected chi connectivity index (χ4v) is 2.64. The first-order valence-corrected chi connectivity index (χ1v) is 6.78. The molecule has 4 heteroatoms. The van der Waals surface area contributed by atoms with Gasteiger partial charge in [0.2, 0.25) is 5.91 Å². The molecule has 0 radical (unpaired) electrons. The SMILES string of the molecule is CC(CC(=O)NC1(CO)CC1)C1CCCNC1. The predicted octanol–water partition coefficient (Wildman–Crippen LogP) is 0.653. The van der Waals surface area contributed by atoms with Crippen molar-refractivity contribution in [3.63, 3.8) is 0 Å². The summed E-state index contributed by atoms with van der Waals surface area (Å²) in [5.41, 5.74) is -0.262. The fraction of sp³-hybridized carbons (Fsp3) is 0.923. The van der Waals surface area contributed by atoms with E-state index in [1.54, 1.807) is 0 Å². The van der Waals surface area contributed by atoms with Gasteiger partial charge in [0.1, 0.15) is 0 Å². The van der Waals surface area contributed by atoms with E-state index in [1.807, 2.05) is 0 Å². The van der Waals surface area contributed by atoms with Crippen molar-refractivity contribution in [1.82, 2.24) is 10.6 Å². The Labute approximate surface area is 103 Å². The van der Waals surface area contributed by atoms with Crippen LogP contribution in [0.1, 0.15) is 39.0 Å².